The summed E-state index contributed by atoms with van der Waals surface area (Å²) in [6, 6.07) is 9.74. The molecule has 0 unspecified atom stereocenters. The third kappa shape index (κ3) is 2.69. The van der Waals surface area contributed by atoms with E-state index in [1.165, 1.54) is 11.6 Å². The number of hydrogen-bond acceptors (Lipinski definition) is 6. The fraction of sp³-hybridized carbons (Fsp3) is 0.133. The topological polar surface area (TPSA) is 111 Å². The molecule has 0 atom stereocenters. The van der Waals surface area contributed by atoms with Crippen LogP contribution in [0.5, 0.6) is 0 Å². The van der Waals surface area contributed by atoms with Crippen molar-refractivity contribution in [3.63, 3.8) is 0 Å². The molecular weight excluding hydrogens is 330 g/mol. The zero-order chi connectivity index (χ0) is 17.5. The van der Waals surface area contributed by atoms with E-state index in [1.807, 2.05) is 0 Å². The predicted molar refractivity (Wildman–Crippen MR) is 90.5 cm³/mol. The quantitative estimate of drug-likeness (QED) is 0.705. The van der Waals surface area contributed by atoms with Gasteiger partial charge in [0.1, 0.15) is 0 Å². The molecular formula is C15H15N5O3S. The third-order valence-electron chi connectivity index (χ3n) is 3.61. The molecule has 0 saturated carbocycles. The second kappa shape index (κ2) is 5.60. The smallest absolute Gasteiger partial charge is 0.240 e. The van der Waals surface area contributed by atoms with E-state index in [2.05, 4.69) is 10.1 Å². The number of carbonyl (C=O) groups excluding carboxylic acids is 1. The lowest BCUT2D eigenvalue weighted by Gasteiger charge is -2.19. The van der Waals surface area contributed by atoms with Gasteiger partial charge in [-0.05, 0) is 24.3 Å². The van der Waals surface area contributed by atoms with Crippen molar-refractivity contribution in [2.75, 3.05) is 23.3 Å². The first-order valence-corrected chi connectivity index (χ1v) is 8.82. The largest absolute Gasteiger partial charge is 0.366 e. The number of hydrogen-bond donors (Lipinski definition) is 1. The highest BCUT2D eigenvalue weighted by atomic mass is 32.2. The summed E-state index contributed by atoms with van der Waals surface area (Å²) in [5.41, 5.74) is 6.74. The van der Waals surface area contributed by atoms with Gasteiger partial charge in [0.05, 0.1) is 17.5 Å². The minimum Gasteiger partial charge on any atom is -0.366 e. The van der Waals surface area contributed by atoms with Crippen molar-refractivity contribution in [3.05, 3.63) is 53.7 Å². The van der Waals surface area contributed by atoms with Gasteiger partial charge in [-0.25, -0.2) is 12.9 Å². The minimum absolute atomic E-state index is 0.0526. The van der Waals surface area contributed by atoms with Crippen molar-refractivity contribution in [1.82, 2.24) is 14.6 Å². The third-order valence-corrected chi connectivity index (χ3v) is 4.80. The van der Waals surface area contributed by atoms with E-state index in [-0.39, 0.29) is 22.9 Å². The molecule has 8 nitrogen and oxygen atoms in total. The van der Waals surface area contributed by atoms with Gasteiger partial charge in [0.15, 0.2) is 11.4 Å². The van der Waals surface area contributed by atoms with Crippen LogP contribution < -0.4 is 10.0 Å². The van der Waals surface area contributed by atoms with Crippen LogP contribution >= 0.6 is 0 Å². The fourth-order valence-electron chi connectivity index (χ4n) is 2.36. The van der Waals surface area contributed by atoms with Crippen LogP contribution in [-0.4, -0.2) is 42.1 Å². The highest BCUT2D eigenvalue weighted by Gasteiger charge is 2.22. The van der Waals surface area contributed by atoms with Crippen molar-refractivity contribution >= 4 is 33.1 Å². The SMILES string of the molecule is CN(c1ccccc1C(=O)c1cccn2nc(N)nc12)S(C)(=O)=O. The Bertz CT molecular complexity index is 1040. The van der Waals surface area contributed by atoms with Gasteiger partial charge in [0, 0.05) is 18.8 Å². The molecule has 2 heterocycles. The molecule has 0 aliphatic carbocycles. The van der Waals surface area contributed by atoms with Crippen molar-refractivity contribution in [3.8, 4) is 0 Å². The summed E-state index contributed by atoms with van der Waals surface area (Å²) >= 11 is 0. The molecule has 0 aliphatic rings. The summed E-state index contributed by atoms with van der Waals surface area (Å²) in [5.74, 6) is -0.309. The van der Waals surface area contributed by atoms with Gasteiger partial charge in [-0.1, -0.05) is 12.1 Å². The van der Waals surface area contributed by atoms with Crippen LogP contribution in [0.2, 0.25) is 0 Å². The molecule has 2 aromatic heterocycles. The Morgan fingerprint density at radius 2 is 1.83 bits per heavy atom. The molecule has 3 rings (SSSR count). The Hall–Kier alpha value is -2.94. The summed E-state index contributed by atoms with van der Waals surface area (Å²) < 4.78 is 26.1. The number of sulfonamides is 1. The molecule has 0 radical (unpaired) electrons. The summed E-state index contributed by atoms with van der Waals surface area (Å²) in [4.78, 5) is 17.0. The van der Waals surface area contributed by atoms with Gasteiger partial charge in [0.25, 0.3) is 0 Å². The molecule has 0 bridgehead atoms. The first-order chi connectivity index (χ1) is 11.3. The average Bonchev–Trinajstić information content (AvgIpc) is 2.92. The van der Waals surface area contributed by atoms with Crippen LogP contribution in [0.4, 0.5) is 11.6 Å². The van der Waals surface area contributed by atoms with Gasteiger partial charge in [-0.15, -0.1) is 5.10 Å². The van der Waals surface area contributed by atoms with Crippen LogP contribution in [0.25, 0.3) is 5.65 Å². The summed E-state index contributed by atoms with van der Waals surface area (Å²) in [7, 11) is -2.10. The van der Waals surface area contributed by atoms with Gasteiger partial charge in [-0.2, -0.15) is 4.98 Å². The van der Waals surface area contributed by atoms with E-state index in [9.17, 15) is 13.2 Å². The first kappa shape index (κ1) is 15.9. The Labute approximate surface area is 138 Å². The lowest BCUT2D eigenvalue weighted by Crippen LogP contribution is -2.26. The maximum absolute atomic E-state index is 13.0. The molecule has 9 heteroatoms. The molecule has 3 aromatic rings. The highest BCUT2D eigenvalue weighted by Crippen LogP contribution is 2.25. The normalized spacial score (nSPS) is 11.6. The van der Waals surface area contributed by atoms with Crippen LogP contribution in [0.3, 0.4) is 0 Å². The number of nitrogen functional groups attached to an aromatic ring is 1. The van der Waals surface area contributed by atoms with Gasteiger partial charge < -0.3 is 5.73 Å². The Morgan fingerprint density at radius 3 is 2.54 bits per heavy atom. The number of carbonyl (C=O) groups is 1. The van der Waals surface area contributed by atoms with E-state index in [4.69, 9.17) is 5.73 Å². The highest BCUT2D eigenvalue weighted by molar-refractivity contribution is 7.92. The number of fused-ring (bicyclic) bond motifs is 1. The molecule has 0 saturated heterocycles. The first-order valence-electron chi connectivity index (χ1n) is 6.97. The van der Waals surface area contributed by atoms with Crippen LogP contribution in [0.15, 0.2) is 42.6 Å². The summed E-state index contributed by atoms with van der Waals surface area (Å²) in [6.07, 6.45) is 2.71. The number of nitrogens with two attached hydrogens (primary N) is 1. The Morgan fingerprint density at radius 1 is 1.17 bits per heavy atom. The minimum atomic E-state index is -3.50. The summed E-state index contributed by atoms with van der Waals surface area (Å²) in [5, 5.41) is 3.97. The molecule has 0 spiro atoms. The number of ketones is 1. The maximum Gasteiger partial charge on any atom is 0.240 e. The molecule has 0 amide bonds. The van der Waals surface area contributed by atoms with E-state index in [0.29, 0.717) is 11.3 Å². The number of anilines is 2. The molecule has 0 fully saturated rings. The monoisotopic (exact) mass is 345 g/mol. The van der Waals surface area contributed by atoms with E-state index >= 15 is 0 Å². The van der Waals surface area contributed by atoms with E-state index in [0.717, 1.165) is 10.6 Å². The second-order valence-corrected chi connectivity index (χ2v) is 7.25. The number of rotatable bonds is 4. The van der Waals surface area contributed by atoms with Crippen molar-refractivity contribution in [2.24, 2.45) is 0 Å². The number of aromatic nitrogens is 3. The Balaban J connectivity index is 2.17. The number of nitrogens with zero attached hydrogens (tertiary/aromatic N) is 4. The molecule has 1 aromatic carbocycles. The van der Waals surface area contributed by atoms with Crippen molar-refractivity contribution < 1.29 is 13.2 Å². The molecule has 24 heavy (non-hydrogen) atoms. The average molecular weight is 345 g/mol. The fourth-order valence-corrected chi connectivity index (χ4v) is 2.88. The van der Waals surface area contributed by atoms with Gasteiger partial charge >= 0.3 is 0 Å². The van der Waals surface area contributed by atoms with E-state index < -0.39 is 10.0 Å². The van der Waals surface area contributed by atoms with Gasteiger partial charge in [-0.3, -0.25) is 9.10 Å². The van der Waals surface area contributed by atoms with Crippen LogP contribution in [0.1, 0.15) is 15.9 Å². The van der Waals surface area contributed by atoms with Gasteiger partial charge in [0.2, 0.25) is 16.0 Å². The summed E-state index contributed by atoms with van der Waals surface area (Å²) in [6.45, 7) is 0. The number of pyridine rings is 1. The molecule has 2 N–H and O–H groups in total. The molecule has 124 valence electrons. The Kier molecular flexibility index (Phi) is 3.72. The zero-order valence-electron chi connectivity index (χ0n) is 13.0. The number of para-hydroxylation sites is 1. The lowest BCUT2D eigenvalue weighted by atomic mass is 10.0. The van der Waals surface area contributed by atoms with Crippen molar-refractivity contribution in [2.45, 2.75) is 0 Å². The molecule has 0 aliphatic heterocycles. The van der Waals surface area contributed by atoms with Crippen molar-refractivity contribution in [1.29, 1.82) is 0 Å². The van der Waals surface area contributed by atoms with Crippen LogP contribution in [0, 0.1) is 0 Å². The zero-order valence-corrected chi connectivity index (χ0v) is 13.9. The van der Waals surface area contributed by atoms with Crippen LogP contribution in [-0.2, 0) is 10.0 Å². The predicted octanol–water partition coefficient (Wildman–Crippen LogP) is 0.938. The van der Waals surface area contributed by atoms with E-state index in [1.54, 1.807) is 42.6 Å². The number of benzene rings is 1. The second-order valence-electron chi connectivity index (χ2n) is 5.24. The standard InChI is InChI=1S/C15H15N5O3S/c1-19(24(2,22)23)12-8-4-3-6-10(12)13(21)11-7-5-9-20-14(11)17-15(16)18-20/h3-9H,1-2H3,(H2,16,18). The maximum atomic E-state index is 13.0. The lowest BCUT2D eigenvalue weighted by molar-refractivity contribution is 0.104.